The Kier molecular flexibility index (Phi) is 35.2. The molecule has 0 bridgehead atoms. The number of carbonyl (C=O) groups excluding carboxylic acids is 2. The van der Waals surface area contributed by atoms with E-state index in [1.54, 1.807) is 6.08 Å². The van der Waals surface area contributed by atoms with Crippen molar-refractivity contribution in [1.82, 2.24) is 0 Å². The highest BCUT2D eigenvalue weighted by molar-refractivity contribution is 7.47. The summed E-state index contributed by atoms with van der Waals surface area (Å²) in [5.74, 6) is -1.24. The first-order chi connectivity index (χ1) is 30.8. The maximum Gasteiger partial charge on any atom is 0.472 e. The predicted molar refractivity (Wildman–Crippen MR) is 250 cm³/mol. The molecule has 9 atom stereocenters. The summed E-state index contributed by atoms with van der Waals surface area (Å²) in [5, 5.41) is 60.0. The van der Waals surface area contributed by atoms with Crippen molar-refractivity contribution in [3.05, 3.63) is 85.1 Å². The van der Waals surface area contributed by atoms with Crippen LogP contribution in [0.3, 0.4) is 0 Å². The Morgan fingerprint density at radius 3 is 1.72 bits per heavy atom. The number of hydrogen-bond donors (Lipinski definition) is 7. The summed E-state index contributed by atoms with van der Waals surface area (Å²) in [5.41, 5.74) is 0. The molecule has 0 aromatic rings. The lowest BCUT2D eigenvalue weighted by Gasteiger charge is -2.41. The summed E-state index contributed by atoms with van der Waals surface area (Å²) in [4.78, 5) is 35.7. The van der Waals surface area contributed by atoms with Gasteiger partial charge >= 0.3 is 19.8 Å². The zero-order chi connectivity index (χ0) is 47.3. The second-order valence-electron chi connectivity index (χ2n) is 16.1. The van der Waals surface area contributed by atoms with E-state index in [-0.39, 0.29) is 12.8 Å². The number of esters is 2. The van der Waals surface area contributed by atoms with Crippen LogP contribution in [0.2, 0.25) is 0 Å². The van der Waals surface area contributed by atoms with E-state index in [1.807, 2.05) is 54.7 Å². The highest BCUT2D eigenvalue weighted by Crippen LogP contribution is 2.47. The van der Waals surface area contributed by atoms with Crippen LogP contribution < -0.4 is 0 Å². The van der Waals surface area contributed by atoms with Crippen molar-refractivity contribution in [3.8, 4) is 0 Å². The van der Waals surface area contributed by atoms with Gasteiger partial charge in [-0.1, -0.05) is 150 Å². The van der Waals surface area contributed by atoms with E-state index >= 15 is 0 Å². The molecule has 14 nitrogen and oxygen atoms in total. The van der Waals surface area contributed by atoms with Crippen LogP contribution in [0.5, 0.6) is 0 Å². The standard InChI is InChI=1S/C49H81O14P/c1-3-5-7-8-9-10-11-12-13-16-20-23-26-29-33-37-43(52)62-41(39-61-64(58,59)63-49-47(56)45(54)44(53)46(55)48(49)57)38-60-42(51)36-32-28-25-22-19-17-14-15-18-21-24-27-31-35-40(50)34-30-6-4-2/h6,12-13,15,17-19,24-25,27-28,30-31,35,40-41,44-50,53-57H,3-5,7-11,14,16,20-23,26,29,32-34,36-39H2,1-2H3,(H,58,59)/b13-12-,18-15-,19-17-,27-24+,28-25-,30-6-,35-31+/t40?,41-,44?,45-,46+,47-,48-,49?/m1/s1. The molecule has 366 valence electrons. The van der Waals surface area contributed by atoms with E-state index in [2.05, 4.69) is 38.2 Å². The highest BCUT2D eigenvalue weighted by atomic mass is 31.2. The van der Waals surface area contributed by atoms with Gasteiger partial charge in [0.1, 0.15) is 43.2 Å². The van der Waals surface area contributed by atoms with Crippen LogP contribution in [-0.2, 0) is 32.7 Å². The molecule has 0 amide bonds. The van der Waals surface area contributed by atoms with Gasteiger partial charge in [0.05, 0.1) is 12.7 Å². The van der Waals surface area contributed by atoms with Gasteiger partial charge in [-0.2, -0.15) is 0 Å². The number of aliphatic hydroxyl groups excluding tert-OH is 6. The van der Waals surface area contributed by atoms with Crippen LogP contribution in [0.25, 0.3) is 0 Å². The first kappa shape index (κ1) is 59.0. The number of hydrogen-bond acceptors (Lipinski definition) is 13. The summed E-state index contributed by atoms with van der Waals surface area (Å²) in [7, 11) is -5.15. The first-order valence-electron chi connectivity index (χ1n) is 23.5. The van der Waals surface area contributed by atoms with Crippen LogP contribution >= 0.6 is 7.82 Å². The molecule has 0 spiro atoms. The Morgan fingerprint density at radius 2 is 1.11 bits per heavy atom. The van der Waals surface area contributed by atoms with Crippen molar-refractivity contribution in [2.75, 3.05) is 13.2 Å². The van der Waals surface area contributed by atoms with E-state index in [0.717, 1.165) is 57.8 Å². The van der Waals surface area contributed by atoms with Gasteiger partial charge in [-0.05, 0) is 70.6 Å². The largest absolute Gasteiger partial charge is 0.472 e. The topological polar surface area (TPSA) is 230 Å². The Balaban J connectivity index is 2.53. The third kappa shape index (κ3) is 30.2. The molecule has 4 unspecified atom stereocenters. The lowest BCUT2D eigenvalue weighted by Crippen LogP contribution is -2.64. The zero-order valence-corrected chi connectivity index (χ0v) is 39.3. The lowest BCUT2D eigenvalue weighted by molar-refractivity contribution is -0.220. The number of phosphoric acid groups is 1. The molecule has 1 aliphatic carbocycles. The number of ether oxygens (including phenoxy) is 2. The minimum atomic E-state index is -5.15. The Hall–Kier alpha value is -3.01. The van der Waals surface area contributed by atoms with Gasteiger partial charge in [-0.3, -0.25) is 18.6 Å². The summed E-state index contributed by atoms with van der Waals surface area (Å²) < 4.78 is 33.4. The molecule has 1 fully saturated rings. The molecule has 7 N–H and O–H groups in total. The summed E-state index contributed by atoms with van der Waals surface area (Å²) in [6.07, 6.45) is 32.6. The molecular weight excluding hydrogens is 843 g/mol. The van der Waals surface area contributed by atoms with Crippen LogP contribution in [0.4, 0.5) is 0 Å². The molecular formula is C49H81O14P. The molecule has 0 saturated heterocycles. The summed E-state index contributed by atoms with van der Waals surface area (Å²) >= 11 is 0. The molecule has 0 aromatic heterocycles. The quantitative estimate of drug-likeness (QED) is 0.0102. The Morgan fingerprint density at radius 1 is 0.578 bits per heavy atom. The average molecular weight is 925 g/mol. The summed E-state index contributed by atoms with van der Waals surface area (Å²) in [6, 6.07) is 0. The van der Waals surface area contributed by atoms with Gasteiger partial charge in [-0.15, -0.1) is 0 Å². The molecule has 64 heavy (non-hydrogen) atoms. The SMILES string of the molecule is CC/C=C\CC(O)/C=C/C=C/C/C=C\C/C=C\C/C=C\CCC(=O)OC[C@H](COP(=O)(O)OC1[C@H](O)[C@H](O)C(O)[C@H](O)[C@H]1O)OC(=O)CCCCCCC/C=C\CCCCCCCC. The number of rotatable bonds is 37. The van der Waals surface area contributed by atoms with Crippen LogP contribution in [0.15, 0.2) is 85.1 Å². The Bertz CT molecular complexity index is 1460. The molecule has 1 rings (SSSR count). The molecule has 15 heteroatoms. The third-order valence-corrected chi connectivity index (χ3v) is 11.3. The fourth-order valence-corrected chi connectivity index (χ4v) is 7.48. The van der Waals surface area contributed by atoms with E-state index in [0.29, 0.717) is 25.7 Å². The molecule has 1 aliphatic rings. The predicted octanol–water partition coefficient (Wildman–Crippen LogP) is 8.25. The maximum atomic E-state index is 12.8. The van der Waals surface area contributed by atoms with Gasteiger partial charge in [0, 0.05) is 12.8 Å². The molecule has 0 aliphatic heterocycles. The zero-order valence-electron chi connectivity index (χ0n) is 38.4. The number of allylic oxidation sites excluding steroid dienone is 12. The fourth-order valence-electron chi connectivity index (χ4n) is 6.51. The van der Waals surface area contributed by atoms with Crippen LogP contribution in [0, 0.1) is 0 Å². The van der Waals surface area contributed by atoms with Gasteiger partial charge in [0.2, 0.25) is 0 Å². The lowest BCUT2D eigenvalue weighted by atomic mass is 9.85. The van der Waals surface area contributed by atoms with Crippen molar-refractivity contribution >= 4 is 19.8 Å². The van der Waals surface area contributed by atoms with Crippen molar-refractivity contribution in [2.24, 2.45) is 0 Å². The second-order valence-corrected chi connectivity index (χ2v) is 17.5. The number of unbranched alkanes of at least 4 members (excludes halogenated alkanes) is 11. The van der Waals surface area contributed by atoms with Gasteiger partial charge in [0.15, 0.2) is 6.10 Å². The Labute approximate surface area is 382 Å². The second kappa shape index (κ2) is 38.1. The smallest absolute Gasteiger partial charge is 0.462 e. The minimum Gasteiger partial charge on any atom is -0.462 e. The minimum absolute atomic E-state index is 0.0204. The van der Waals surface area contributed by atoms with Crippen molar-refractivity contribution in [1.29, 1.82) is 0 Å². The summed E-state index contributed by atoms with van der Waals surface area (Å²) in [6.45, 7) is 3.00. The highest BCUT2D eigenvalue weighted by Gasteiger charge is 2.51. The molecule has 1 saturated carbocycles. The van der Waals surface area contributed by atoms with Gasteiger partial charge in [0.25, 0.3) is 0 Å². The van der Waals surface area contributed by atoms with Crippen molar-refractivity contribution in [2.45, 2.75) is 198 Å². The maximum absolute atomic E-state index is 12.8. The van der Waals surface area contributed by atoms with Crippen molar-refractivity contribution < 1.29 is 68.2 Å². The number of phosphoric ester groups is 1. The van der Waals surface area contributed by atoms with E-state index in [9.17, 15) is 49.7 Å². The molecule has 0 radical (unpaired) electrons. The first-order valence-corrected chi connectivity index (χ1v) is 25.0. The van der Waals surface area contributed by atoms with Gasteiger partial charge < -0.3 is 45.0 Å². The van der Waals surface area contributed by atoms with Crippen molar-refractivity contribution in [3.63, 3.8) is 0 Å². The number of aliphatic hydroxyl groups is 6. The van der Waals surface area contributed by atoms with E-state index in [1.165, 1.54) is 38.5 Å². The normalized spacial score (nSPS) is 22.8. The molecule has 0 heterocycles. The molecule has 0 aromatic carbocycles. The van der Waals surface area contributed by atoms with Crippen LogP contribution in [0.1, 0.15) is 149 Å². The van der Waals surface area contributed by atoms with Crippen LogP contribution in [-0.4, -0.2) is 110 Å². The van der Waals surface area contributed by atoms with E-state index < -0.39 is 81.8 Å². The average Bonchev–Trinajstić information content (AvgIpc) is 3.27. The monoisotopic (exact) mass is 925 g/mol. The third-order valence-electron chi connectivity index (χ3n) is 10.3. The fraction of sp³-hybridized carbons (Fsp3) is 0.673. The van der Waals surface area contributed by atoms with E-state index in [4.69, 9.17) is 18.5 Å². The number of carbonyl (C=O) groups is 2. The van der Waals surface area contributed by atoms with Gasteiger partial charge in [-0.25, -0.2) is 4.57 Å².